The van der Waals surface area contributed by atoms with Crippen LogP contribution in [0.4, 0.5) is 5.69 Å². The molecule has 1 aromatic rings. The molecule has 0 radical (unpaired) electrons. The Morgan fingerprint density at radius 2 is 1.66 bits per heavy atom. The molecule has 7 N–H and O–H groups in total. The second-order valence-corrected chi connectivity index (χ2v) is 9.47. The molecule has 3 rings (SSSR count). The number of ether oxygens (including phenoxy) is 1. The van der Waals surface area contributed by atoms with E-state index in [1.165, 1.54) is 0 Å². The molecule has 1 aliphatic heterocycles. The van der Waals surface area contributed by atoms with Crippen molar-refractivity contribution in [2.75, 3.05) is 11.9 Å². The summed E-state index contributed by atoms with van der Waals surface area (Å²) < 4.78 is 7.19. The number of anilines is 1. The van der Waals surface area contributed by atoms with E-state index in [2.05, 4.69) is 42.5 Å². The number of rotatable bonds is 6. The van der Waals surface area contributed by atoms with Crippen LogP contribution in [0.1, 0.15) is 31.2 Å². The first kappa shape index (κ1) is 23.4. The SMILES string of the molecule is OC[C@H]1OC(Nc2c(Br)cc(Br)cc2CNC2CCC(O)CC2)[C@@H](O)[C@H](O)[C@@H]1O. The summed E-state index contributed by atoms with van der Waals surface area (Å²) in [6.07, 6.45) is -3.02. The van der Waals surface area contributed by atoms with E-state index in [0.29, 0.717) is 18.3 Å². The molecule has 2 fully saturated rings. The fourth-order valence-corrected chi connectivity index (χ4v) is 5.25. The first-order valence-corrected chi connectivity index (χ1v) is 11.3. The first-order chi connectivity index (χ1) is 13.8. The van der Waals surface area contributed by atoms with Crippen molar-refractivity contribution < 1.29 is 30.3 Å². The number of aliphatic hydroxyl groups excluding tert-OH is 5. The quantitative estimate of drug-likeness (QED) is 0.282. The average molecular weight is 540 g/mol. The van der Waals surface area contributed by atoms with E-state index in [9.17, 15) is 25.5 Å². The van der Waals surface area contributed by atoms with Crippen LogP contribution in [0.5, 0.6) is 0 Å². The Morgan fingerprint density at radius 1 is 0.966 bits per heavy atom. The number of halogens is 2. The van der Waals surface area contributed by atoms with E-state index in [1.807, 2.05) is 12.1 Å². The van der Waals surface area contributed by atoms with Crippen LogP contribution < -0.4 is 10.6 Å². The van der Waals surface area contributed by atoms with E-state index in [-0.39, 0.29) is 6.10 Å². The van der Waals surface area contributed by atoms with Gasteiger partial charge in [-0.15, -0.1) is 0 Å². The van der Waals surface area contributed by atoms with Gasteiger partial charge in [-0.25, -0.2) is 0 Å². The molecule has 0 aromatic heterocycles. The van der Waals surface area contributed by atoms with Crippen LogP contribution in [-0.2, 0) is 11.3 Å². The van der Waals surface area contributed by atoms with Gasteiger partial charge in [-0.2, -0.15) is 0 Å². The summed E-state index contributed by atoms with van der Waals surface area (Å²) >= 11 is 7.02. The van der Waals surface area contributed by atoms with Gasteiger partial charge in [0.05, 0.1) is 18.4 Å². The van der Waals surface area contributed by atoms with Gasteiger partial charge >= 0.3 is 0 Å². The van der Waals surface area contributed by atoms with E-state index in [4.69, 9.17) is 4.74 Å². The van der Waals surface area contributed by atoms with Crippen molar-refractivity contribution in [1.29, 1.82) is 0 Å². The minimum atomic E-state index is -1.44. The van der Waals surface area contributed by atoms with E-state index in [0.717, 1.165) is 40.2 Å². The van der Waals surface area contributed by atoms with Crippen molar-refractivity contribution in [1.82, 2.24) is 5.32 Å². The smallest absolute Gasteiger partial charge is 0.157 e. The van der Waals surface area contributed by atoms with Crippen molar-refractivity contribution in [3.63, 3.8) is 0 Å². The molecular formula is C19H28Br2N2O6. The lowest BCUT2D eigenvalue weighted by Gasteiger charge is -2.40. The third kappa shape index (κ3) is 5.69. The zero-order valence-electron chi connectivity index (χ0n) is 15.8. The van der Waals surface area contributed by atoms with Crippen LogP contribution >= 0.6 is 31.9 Å². The molecule has 1 heterocycles. The van der Waals surface area contributed by atoms with Crippen LogP contribution in [0.15, 0.2) is 21.1 Å². The second kappa shape index (κ2) is 10.3. The third-order valence-corrected chi connectivity index (χ3v) is 6.68. The highest BCUT2D eigenvalue weighted by atomic mass is 79.9. The third-order valence-electron chi connectivity index (χ3n) is 5.59. The monoisotopic (exact) mass is 538 g/mol. The summed E-state index contributed by atoms with van der Waals surface area (Å²) in [6.45, 7) is 0.0745. The van der Waals surface area contributed by atoms with Crippen molar-refractivity contribution in [2.24, 2.45) is 0 Å². The first-order valence-electron chi connectivity index (χ1n) is 9.76. The van der Waals surface area contributed by atoms with Crippen LogP contribution in [0.3, 0.4) is 0 Å². The number of aliphatic hydroxyl groups is 5. The Bertz CT molecular complexity index is 687. The molecule has 1 aromatic carbocycles. The van der Waals surface area contributed by atoms with Crippen molar-refractivity contribution in [2.45, 2.75) is 75.0 Å². The number of hydrogen-bond acceptors (Lipinski definition) is 8. The molecule has 1 saturated carbocycles. The zero-order chi connectivity index (χ0) is 21.1. The highest BCUT2D eigenvalue weighted by Crippen LogP contribution is 2.33. The summed E-state index contributed by atoms with van der Waals surface area (Å²) in [5.74, 6) is 0. The van der Waals surface area contributed by atoms with E-state index < -0.39 is 37.3 Å². The topological polar surface area (TPSA) is 134 Å². The highest BCUT2D eigenvalue weighted by molar-refractivity contribution is 9.11. The molecule has 1 saturated heterocycles. The average Bonchev–Trinajstić information content (AvgIpc) is 2.69. The van der Waals surface area contributed by atoms with Gasteiger partial charge in [0.15, 0.2) is 6.23 Å². The number of nitrogens with one attached hydrogen (secondary N) is 2. The zero-order valence-corrected chi connectivity index (χ0v) is 19.0. The molecule has 0 amide bonds. The van der Waals surface area contributed by atoms with Gasteiger partial charge in [0.25, 0.3) is 0 Å². The van der Waals surface area contributed by atoms with E-state index in [1.54, 1.807) is 0 Å². The molecule has 0 spiro atoms. The van der Waals surface area contributed by atoms with Gasteiger partial charge in [0.1, 0.15) is 24.4 Å². The molecule has 164 valence electrons. The van der Waals surface area contributed by atoms with Crippen LogP contribution in [-0.4, -0.2) is 74.9 Å². The Labute approximate surface area is 186 Å². The minimum Gasteiger partial charge on any atom is -0.394 e. The molecule has 5 atom stereocenters. The fraction of sp³-hybridized carbons (Fsp3) is 0.684. The highest BCUT2D eigenvalue weighted by Gasteiger charge is 2.43. The summed E-state index contributed by atoms with van der Waals surface area (Å²) in [5, 5.41) is 56.0. The molecule has 0 bridgehead atoms. The number of benzene rings is 1. The lowest BCUT2D eigenvalue weighted by molar-refractivity contribution is -0.221. The maximum absolute atomic E-state index is 10.3. The van der Waals surface area contributed by atoms with Gasteiger partial charge in [0, 0.05) is 21.5 Å². The lowest BCUT2D eigenvalue weighted by atomic mass is 9.93. The maximum atomic E-state index is 10.3. The van der Waals surface area contributed by atoms with Crippen LogP contribution in [0.25, 0.3) is 0 Å². The molecule has 1 unspecified atom stereocenters. The second-order valence-electron chi connectivity index (χ2n) is 7.70. The van der Waals surface area contributed by atoms with Crippen LogP contribution in [0.2, 0.25) is 0 Å². The largest absolute Gasteiger partial charge is 0.394 e. The van der Waals surface area contributed by atoms with Crippen LogP contribution in [0, 0.1) is 0 Å². The van der Waals surface area contributed by atoms with E-state index >= 15 is 0 Å². The molecule has 10 heteroatoms. The fourth-order valence-electron chi connectivity index (χ4n) is 3.83. The van der Waals surface area contributed by atoms with Gasteiger partial charge in [-0.05, 0) is 59.3 Å². The molecule has 29 heavy (non-hydrogen) atoms. The summed E-state index contributed by atoms with van der Waals surface area (Å²) in [7, 11) is 0. The minimum absolute atomic E-state index is 0.212. The number of hydrogen-bond donors (Lipinski definition) is 7. The Hall–Kier alpha value is -0.300. The van der Waals surface area contributed by atoms with Gasteiger partial charge in [0.2, 0.25) is 0 Å². The Balaban J connectivity index is 1.74. The molecule has 1 aliphatic carbocycles. The lowest BCUT2D eigenvalue weighted by Crippen LogP contribution is -2.60. The standard InChI is InChI=1S/C19H28Br2N2O6/c20-10-5-9(7-22-11-1-3-12(25)4-2-11)15(13(21)6-10)23-19-18(28)17(27)16(26)14(8-24)29-19/h5-6,11-12,14,16-19,22-28H,1-4,7-8H2/t11?,12?,14-,16-,17-,18+,19?/m1/s1. The summed E-state index contributed by atoms with van der Waals surface area (Å²) in [4.78, 5) is 0. The predicted molar refractivity (Wildman–Crippen MR) is 114 cm³/mol. The molecular weight excluding hydrogens is 512 g/mol. The Kier molecular flexibility index (Phi) is 8.33. The summed E-state index contributed by atoms with van der Waals surface area (Å²) in [6, 6.07) is 4.12. The van der Waals surface area contributed by atoms with Gasteiger partial charge < -0.3 is 40.9 Å². The normalized spacial score (nSPS) is 35.5. The Morgan fingerprint density at radius 3 is 2.31 bits per heavy atom. The molecule has 2 aliphatic rings. The van der Waals surface area contributed by atoms with Crippen molar-refractivity contribution in [3.05, 3.63) is 26.6 Å². The predicted octanol–water partition coefficient (Wildman–Crippen LogP) is 0.816. The maximum Gasteiger partial charge on any atom is 0.157 e. The molecule has 8 nitrogen and oxygen atoms in total. The van der Waals surface area contributed by atoms with Crippen molar-refractivity contribution in [3.8, 4) is 0 Å². The summed E-state index contributed by atoms with van der Waals surface area (Å²) in [5.41, 5.74) is 1.59. The van der Waals surface area contributed by atoms with Gasteiger partial charge in [-0.3, -0.25) is 0 Å². The van der Waals surface area contributed by atoms with Crippen molar-refractivity contribution >= 4 is 37.5 Å². The van der Waals surface area contributed by atoms with Gasteiger partial charge in [-0.1, -0.05) is 15.9 Å².